The van der Waals surface area contributed by atoms with Gasteiger partial charge in [0.25, 0.3) is 0 Å². The van der Waals surface area contributed by atoms with E-state index in [1.165, 1.54) is 19.3 Å². The van der Waals surface area contributed by atoms with Crippen molar-refractivity contribution in [3.63, 3.8) is 0 Å². The number of hydrogen-bond acceptors (Lipinski definition) is 2. The van der Waals surface area contributed by atoms with Crippen LogP contribution < -0.4 is 5.32 Å². The number of hydrogen-bond donors (Lipinski definition) is 2. The van der Waals surface area contributed by atoms with Crippen LogP contribution in [0.5, 0.6) is 0 Å². The second kappa shape index (κ2) is 4.67. The van der Waals surface area contributed by atoms with E-state index in [-0.39, 0.29) is 6.61 Å². The zero-order valence-corrected chi connectivity index (χ0v) is 9.24. The summed E-state index contributed by atoms with van der Waals surface area (Å²) in [6, 6.07) is 8.59. The van der Waals surface area contributed by atoms with Crippen LogP contribution in [0.2, 0.25) is 0 Å². The van der Waals surface area contributed by atoms with Gasteiger partial charge in [-0.1, -0.05) is 25.1 Å². The van der Waals surface area contributed by atoms with Crippen molar-refractivity contribution in [1.82, 2.24) is 0 Å². The third kappa shape index (κ3) is 2.51. The van der Waals surface area contributed by atoms with Crippen LogP contribution >= 0.6 is 0 Å². The van der Waals surface area contributed by atoms with Gasteiger partial charge in [0.05, 0.1) is 6.61 Å². The second-order valence-electron chi connectivity index (χ2n) is 4.57. The van der Waals surface area contributed by atoms with Gasteiger partial charge in [0.1, 0.15) is 0 Å². The van der Waals surface area contributed by atoms with Gasteiger partial charge >= 0.3 is 0 Å². The number of para-hydroxylation sites is 1. The van der Waals surface area contributed by atoms with Crippen molar-refractivity contribution in [3.8, 4) is 0 Å². The first-order valence-corrected chi connectivity index (χ1v) is 5.75. The highest BCUT2D eigenvalue weighted by Crippen LogP contribution is 2.28. The molecule has 1 saturated carbocycles. The third-order valence-electron chi connectivity index (χ3n) is 3.24. The highest BCUT2D eigenvalue weighted by atomic mass is 16.3. The predicted molar refractivity (Wildman–Crippen MR) is 62.8 cm³/mol. The zero-order chi connectivity index (χ0) is 10.7. The molecule has 0 amide bonds. The molecule has 2 rings (SSSR count). The normalized spacial score (nSPS) is 25.5. The summed E-state index contributed by atoms with van der Waals surface area (Å²) >= 11 is 0. The zero-order valence-electron chi connectivity index (χ0n) is 9.24. The Kier molecular flexibility index (Phi) is 3.27. The van der Waals surface area contributed by atoms with E-state index in [4.69, 9.17) is 0 Å². The molecule has 0 bridgehead atoms. The molecule has 0 unspecified atom stereocenters. The molecule has 1 aromatic rings. The summed E-state index contributed by atoms with van der Waals surface area (Å²) in [6.07, 6.45) is 3.82. The first-order valence-electron chi connectivity index (χ1n) is 5.75. The van der Waals surface area contributed by atoms with E-state index < -0.39 is 0 Å². The summed E-state index contributed by atoms with van der Waals surface area (Å²) < 4.78 is 0. The maximum absolute atomic E-state index is 9.20. The second-order valence-corrected chi connectivity index (χ2v) is 4.57. The van der Waals surface area contributed by atoms with Gasteiger partial charge < -0.3 is 10.4 Å². The topological polar surface area (TPSA) is 32.3 Å². The molecule has 0 spiro atoms. The molecular weight excluding hydrogens is 186 g/mol. The fourth-order valence-corrected chi connectivity index (χ4v) is 2.36. The van der Waals surface area contributed by atoms with Gasteiger partial charge in [0, 0.05) is 17.3 Å². The lowest BCUT2D eigenvalue weighted by molar-refractivity contribution is 0.282. The lowest BCUT2D eigenvalue weighted by Gasteiger charge is -2.16. The Morgan fingerprint density at radius 1 is 1.33 bits per heavy atom. The fraction of sp³-hybridized carbons (Fsp3) is 0.538. The smallest absolute Gasteiger partial charge is 0.0701 e. The van der Waals surface area contributed by atoms with Crippen LogP contribution in [0.1, 0.15) is 31.7 Å². The van der Waals surface area contributed by atoms with Crippen LogP contribution in [0, 0.1) is 5.92 Å². The monoisotopic (exact) mass is 205 g/mol. The van der Waals surface area contributed by atoms with Crippen molar-refractivity contribution in [1.29, 1.82) is 0 Å². The molecule has 0 heterocycles. The molecule has 1 fully saturated rings. The molecule has 82 valence electrons. The van der Waals surface area contributed by atoms with Gasteiger partial charge in [-0.05, 0) is 31.2 Å². The van der Waals surface area contributed by atoms with E-state index >= 15 is 0 Å². The minimum Gasteiger partial charge on any atom is -0.392 e. The number of anilines is 1. The molecule has 1 aliphatic rings. The Hall–Kier alpha value is -1.02. The average Bonchev–Trinajstić information content (AvgIpc) is 2.65. The first-order chi connectivity index (χ1) is 7.29. The van der Waals surface area contributed by atoms with E-state index in [1.54, 1.807) is 0 Å². The van der Waals surface area contributed by atoms with E-state index in [1.807, 2.05) is 18.2 Å². The first kappa shape index (κ1) is 10.5. The molecule has 0 saturated heterocycles. The van der Waals surface area contributed by atoms with Gasteiger partial charge in [0.15, 0.2) is 0 Å². The van der Waals surface area contributed by atoms with Crippen molar-refractivity contribution >= 4 is 5.69 Å². The number of aliphatic hydroxyl groups excluding tert-OH is 1. The number of rotatable bonds is 3. The number of nitrogens with one attached hydrogen (secondary N) is 1. The molecule has 0 radical (unpaired) electrons. The largest absolute Gasteiger partial charge is 0.392 e. The van der Waals surface area contributed by atoms with Crippen molar-refractivity contribution in [2.45, 2.75) is 38.8 Å². The lowest BCUT2D eigenvalue weighted by Crippen LogP contribution is -2.16. The van der Waals surface area contributed by atoms with Gasteiger partial charge in [-0.25, -0.2) is 0 Å². The molecular formula is C13H19NO. The maximum Gasteiger partial charge on any atom is 0.0701 e. The van der Waals surface area contributed by atoms with Gasteiger partial charge in [-0.3, -0.25) is 0 Å². The molecule has 1 aliphatic carbocycles. The Labute approximate surface area is 91.3 Å². The molecule has 2 heteroatoms. The highest BCUT2D eigenvalue weighted by molar-refractivity contribution is 5.51. The third-order valence-corrected chi connectivity index (χ3v) is 3.24. The molecule has 15 heavy (non-hydrogen) atoms. The van der Waals surface area contributed by atoms with Crippen LogP contribution in [0.15, 0.2) is 24.3 Å². The number of benzene rings is 1. The van der Waals surface area contributed by atoms with E-state index in [0.717, 1.165) is 17.2 Å². The predicted octanol–water partition coefficient (Wildman–Crippen LogP) is 2.78. The molecule has 1 aromatic carbocycles. The highest BCUT2D eigenvalue weighted by Gasteiger charge is 2.21. The Morgan fingerprint density at radius 2 is 2.13 bits per heavy atom. The van der Waals surface area contributed by atoms with E-state index in [2.05, 4.69) is 18.3 Å². The van der Waals surface area contributed by atoms with Gasteiger partial charge in [-0.2, -0.15) is 0 Å². The maximum atomic E-state index is 9.20. The summed E-state index contributed by atoms with van der Waals surface area (Å²) in [5.41, 5.74) is 2.09. The van der Waals surface area contributed by atoms with Crippen molar-refractivity contribution < 1.29 is 5.11 Å². The fourth-order valence-electron chi connectivity index (χ4n) is 2.36. The molecule has 0 aromatic heterocycles. The van der Waals surface area contributed by atoms with Gasteiger partial charge in [0.2, 0.25) is 0 Å². The standard InChI is InChI=1S/C13H19NO/c1-10-6-7-12(8-10)14-13-5-3-2-4-11(13)9-15/h2-5,10,12,14-15H,6-9H2,1H3/t10-,12-/m1/s1. The van der Waals surface area contributed by atoms with Crippen LogP contribution in [0.3, 0.4) is 0 Å². The Bertz CT molecular complexity index is 324. The van der Waals surface area contributed by atoms with Crippen LogP contribution in [-0.4, -0.2) is 11.1 Å². The Balaban J connectivity index is 2.04. The summed E-state index contributed by atoms with van der Waals surface area (Å²) in [4.78, 5) is 0. The summed E-state index contributed by atoms with van der Waals surface area (Å²) in [6.45, 7) is 2.42. The summed E-state index contributed by atoms with van der Waals surface area (Å²) in [5, 5.41) is 12.7. The molecule has 2 atom stereocenters. The minimum absolute atomic E-state index is 0.117. The van der Waals surface area contributed by atoms with Gasteiger partial charge in [-0.15, -0.1) is 0 Å². The quantitative estimate of drug-likeness (QED) is 0.795. The van der Waals surface area contributed by atoms with Crippen molar-refractivity contribution in [2.24, 2.45) is 5.92 Å². The molecule has 2 N–H and O–H groups in total. The lowest BCUT2D eigenvalue weighted by atomic mass is 10.1. The van der Waals surface area contributed by atoms with Crippen molar-refractivity contribution in [2.75, 3.05) is 5.32 Å². The molecule has 2 nitrogen and oxygen atoms in total. The SMILES string of the molecule is C[C@@H]1CC[C@@H](Nc2ccccc2CO)C1. The summed E-state index contributed by atoms with van der Waals surface area (Å²) in [5.74, 6) is 0.837. The Morgan fingerprint density at radius 3 is 2.80 bits per heavy atom. The van der Waals surface area contributed by atoms with Crippen LogP contribution in [0.25, 0.3) is 0 Å². The minimum atomic E-state index is 0.117. The van der Waals surface area contributed by atoms with E-state index in [9.17, 15) is 5.11 Å². The summed E-state index contributed by atoms with van der Waals surface area (Å²) in [7, 11) is 0. The van der Waals surface area contributed by atoms with Crippen LogP contribution in [0.4, 0.5) is 5.69 Å². The van der Waals surface area contributed by atoms with Crippen LogP contribution in [-0.2, 0) is 6.61 Å². The number of aliphatic hydroxyl groups is 1. The molecule has 0 aliphatic heterocycles. The van der Waals surface area contributed by atoms with E-state index in [0.29, 0.717) is 6.04 Å². The average molecular weight is 205 g/mol. The van der Waals surface area contributed by atoms with Crippen molar-refractivity contribution in [3.05, 3.63) is 29.8 Å².